The molecule has 2 aromatic carbocycles. The molecule has 0 unspecified atom stereocenters. The lowest BCUT2D eigenvalue weighted by Crippen LogP contribution is -2.29. The average Bonchev–Trinajstić information content (AvgIpc) is 3.14. The maximum Gasteiger partial charge on any atom is 0.274 e. The second-order valence-electron chi connectivity index (χ2n) is 7.02. The number of aromatic nitrogens is 1. The summed E-state index contributed by atoms with van der Waals surface area (Å²) in [6.07, 6.45) is 2.34. The van der Waals surface area contributed by atoms with E-state index in [1.165, 1.54) is 6.20 Å². The standard InChI is InChI=1S/C23H21N3O2/c1-15-7-8-19(13-16(15)2)25-22(27)20-14-18(9-11-24-20)23(28)26-12-10-17-5-3-4-6-21(17)26/h3-9,11,13-14H,10,12H2,1-2H3,(H,25,27). The number of pyridine rings is 1. The van der Waals surface area contributed by atoms with Crippen molar-refractivity contribution in [3.8, 4) is 0 Å². The number of benzene rings is 2. The van der Waals surface area contributed by atoms with Crippen molar-refractivity contribution in [2.75, 3.05) is 16.8 Å². The smallest absolute Gasteiger partial charge is 0.274 e. The number of fused-ring (bicyclic) bond motifs is 1. The Balaban J connectivity index is 1.55. The number of anilines is 2. The summed E-state index contributed by atoms with van der Waals surface area (Å²) in [4.78, 5) is 31.5. The first-order chi connectivity index (χ1) is 13.5. The molecule has 0 bridgehead atoms. The lowest BCUT2D eigenvalue weighted by Gasteiger charge is -2.17. The summed E-state index contributed by atoms with van der Waals surface area (Å²) in [5.74, 6) is -0.452. The summed E-state index contributed by atoms with van der Waals surface area (Å²) in [7, 11) is 0. The Hall–Kier alpha value is -3.47. The van der Waals surface area contributed by atoms with E-state index >= 15 is 0 Å². The summed E-state index contributed by atoms with van der Waals surface area (Å²) in [6, 6.07) is 16.8. The van der Waals surface area contributed by atoms with Crippen LogP contribution in [0.5, 0.6) is 0 Å². The maximum atomic E-state index is 13.0. The minimum Gasteiger partial charge on any atom is -0.321 e. The van der Waals surface area contributed by atoms with Gasteiger partial charge in [-0.3, -0.25) is 14.6 Å². The molecule has 0 saturated carbocycles. The van der Waals surface area contributed by atoms with Crippen LogP contribution in [-0.2, 0) is 6.42 Å². The van der Waals surface area contributed by atoms with Gasteiger partial charge in [-0.2, -0.15) is 0 Å². The van der Waals surface area contributed by atoms with E-state index in [0.29, 0.717) is 17.8 Å². The zero-order valence-electron chi connectivity index (χ0n) is 15.9. The molecule has 2 heterocycles. The van der Waals surface area contributed by atoms with E-state index in [-0.39, 0.29) is 17.5 Å². The molecular weight excluding hydrogens is 350 g/mol. The van der Waals surface area contributed by atoms with Crippen molar-refractivity contribution in [1.82, 2.24) is 4.98 Å². The molecule has 0 fully saturated rings. The van der Waals surface area contributed by atoms with Crippen molar-refractivity contribution in [3.63, 3.8) is 0 Å². The topological polar surface area (TPSA) is 62.3 Å². The fraction of sp³-hybridized carbons (Fsp3) is 0.174. The predicted molar refractivity (Wildman–Crippen MR) is 110 cm³/mol. The molecule has 0 aliphatic carbocycles. The van der Waals surface area contributed by atoms with Crippen LogP contribution in [0.25, 0.3) is 0 Å². The van der Waals surface area contributed by atoms with E-state index in [1.54, 1.807) is 17.0 Å². The van der Waals surface area contributed by atoms with Crippen molar-refractivity contribution < 1.29 is 9.59 Å². The van der Waals surface area contributed by atoms with Crippen LogP contribution in [0.4, 0.5) is 11.4 Å². The van der Waals surface area contributed by atoms with Gasteiger partial charge in [0, 0.05) is 29.7 Å². The molecule has 0 spiro atoms. The number of carbonyl (C=O) groups excluding carboxylic acids is 2. The van der Waals surface area contributed by atoms with E-state index < -0.39 is 0 Å². The van der Waals surface area contributed by atoms with Crippen LogP contribution in [0.1, 0.15) is 37.5 Å². The molecule has 5 nitrogen and oxygen atoms in total. The number of nitrogens with one attached hydrogen (secondary N) is 1. The highest BCUT2D eigenvalue weighted by atomic mass is 16.2. The Morgan fingerprint density at radius 3 is 2.64 bits per heavy atom. The van der Waals surface area contributed by atoms with Gasteiger partial charge in [0.05, 0.1) is 0 Å². The second-order valence-corrected chi connectivity index (χ2v) is 7.02. The molecule has 0 radical (unpaired) electrons. The number of carbonyl (C=O) groups is 2. The van der Waals surface area contributed by atoms with Crippen molar-refractivity contribution >= 4 is 23.2 Å². The maximum absolute atomic E-state index is 13.0. The Kier molecular flexibility index (Phi) is 4.65. The largest absolute Gasteiger partial charge is 0.321 e. The van der Waals surface area contributed by atoms with E-state index in [9.17, 15) is 9.59 Å². The van der Waals surface area contributed by atoms with Crippen LogP contribution in [-0.4, -0.2) is 23.3 Å². The summed E-state index contributed by atoms with van der Waals surface area (Å²) in [6.45, 7) is 4.66. The first-order valence-corrected chi connectivity index (χ1v) is 9.27. The molecule has 0 saturated heterocycles. The van der Waals surface area contributed by atoms with E-state index in [0.717, 1.165) is 28.8 Å². The summed E-state index contributed by atoms with van der Waals surface area (Å²) >= 11 is 0. The Morgan fingerprint density at radius 1 is 1.00 bits per heavy atom. The zero-order valence-corrected chi connectivity index (χ0v) is 15.9. The zero-order chi connectivity index (χ0) is 19.7. The van der Waals surface area contributed by atoms with Crippen LogP contribution in [0.15, 0.2) is 60.8 Å². The molecule has 1 aromatic heterocycles. The third kappa shape index (κ3) is 3.39. The second kappa shape index (κ2) is 7.27. The lowest BCUT2D eigenvalue weighted by atomic mass is 10.1. The van der Waals surface area contributed by atoms with Crippen molar-refractivity contribution in [1.29, 1.82) is 0 Å². The first-order valence-electron chi connectivity index (χ1n) is 9.27. The van der Waals surface area contributed by atoms with Gasteiger partial charge in [-0.15, -0.1) is 0 Å². The van der Waals surface area contributed by atoms with Crippen molar-refractivity contribution in [2.45, 2.75) is 20.3 Å². The van der Waals surface area contributed by atoms with Crippen LogP contribution in [0.3, 0.4) is 0 Å². The molecule has 28 heavy (non-hydrogen) atoms. The minimum absolute atomic E-state index is 0.118. The highest BCUT2D eigenvalue weighted by Crippen LogP contribution is 2.28. The third-order valence-corrected chi connectivity index (χ3v) is 5.14. The van der Waals surface area contributed by atoms with Gasteiger partial charge < -0.3 is 10.2 Å². The quantitative estimate of drug-likeness (QED) is 0.752. The molecule has 0 atom stereocenters. The summed E-state index contributed by atoms with van der Waals surface area (Å²) in [5.41, 5.74) is 5.74. The summed E-state index contributed by atoms with van der Waals surface area (Å²) in [5, 5.41) is 2.85. The number of nitrogens with zero attached hydrogens (tertiary/aromatic N) is 2. The number of aryl methyl sites for hydroxylation is 2. The minimum atomic E-state index is -0.334. The molecule has 2 amide bonds. The average molecular weight is 371 g/mol. The molecule has 4 rings (SSSR count). The Labute approximate surface area is 164 Å². The van der Waals surface area contributed by atoms with Gasteiger partial charge in [0.2, 0.25) is 0 Å². The highest BCUT2D eigenvalue weighted by molar-refractivity contribution is 6.09. The Bertz CT molecular complexity index is 1070. The van der Waals surface area contributed by atoms with Crippen molar-refractivity contribution in [3.05, 3.63) is 88.7 Å². The van der Waals surface area contributed by atoms with Crippen LogP contribution >= 0.6 is 0 Å². The molecule has 1 aliphatic rings. The SMILES string of the molecule is Cc1ccc(NC(=O)c2cc(C(=O)N3CCc4ccccc43)ccn2)cc1C. The molecule has 1 N–H and O–H groups in total. The van der Waals surface area contributed by atoms with E-state index in [2.05, 4.69) is 10.3 Å². The molecule has 1 aliphatic heterocycles. The van der Waals surface area contributed by atoms with Gasteiger partial charge in [0.25, 0.3) is 11.8 Å². The fourth-order valence-electron chi connectivity index (χ4n) is 3.41. The number of hydrogen-bond donors (Lipinski definition) is 1. The number of amides is 2. The van der Waals surface area contributed by atoms with Crippen LogP contribution in [0, 0.1) is 13.8 Å². The first kappa shape index (κ1) is 17.9. The summed E-state index contributed by atoms with van der Waals surface area (Å²) < 4.78 is 0. The van der Waals surface area contributed by atoms with Crippen molar-refractivity contribution in [2.24, 2.45) is 0 Å². The third-order valence-electron chi connectivity index (χ3n) is 5.14. The monoisotopic (exact) mass is 371 g/mol. The van der Waals surface area contributed by atoms with Gasteiger partial charge >= 0.3 is 0 Å². The number of hydrogen-bond acceptors (Lipinski definition) is 3. The van der Waals surface area contributed by atoms with Crippen LogP contribution in [0.2, 0.25) is 0 Å². The molecule has 3 aromatic rings. The van der Waals surface area contributed by atoms with Crippen LogP contribution < -0.4 is 10.2 Å². The van der Waals surface area contributed by atoms with E-state index in [4.69, 9.17) is 0 Å². The number of para-hydroxylation sites is 1. The van der Waals surface area contributed by atoms with E-state index in [1.807, 2.05) is 56.3 Å². The fourth-order valence-corrected chi connectivity index (χ4v) is 3.41. The normalized spacial score (nSPS) is 12.6. The van der Waals surface area contributed by atoms with Gasteiger partial charge in [0.15, 0.2) is 0 Å². The lowest BCUT2D eigenvalue weighted by molar-refractivity contribution is 0.0989. The number of rotatable bonds is 3. The van der Waals surface area contributed by atoms with Gasteiger partial charge in [0.1, 0.15) is 5.69 Å². The van der Waals surface area contributed by atoms with Gasteiger partial charge in [-0.1, -0.05) is 24.3 Å². The molecular formula is C23H21N3O2. The predicted octanol–water partition coefficient (Wildman–Crippen LogP) is 4.15. The highest BCUT2D eigenvalue weighted by Gasteiger charge is 2.25. The van der Waals surface area contributed by atoms with Gasteiger partial charge in [-0.05, 0) is 67.3 Å². The molecule has 5 heteroatoms. The Morgan fingerprint density at radius 2 is 1.82 bits per heavy atom. The molecule has 140 valence electrons. The van der Waals surface area contributed by atoms with Gasteiger partial charge in [-0.25, -0.2) is 0 Å².